The highest BCUT2D eigenvalue weighted by Gasteiger charge is 2.32. The number of nitrogens with one attached hydrogen (secondary N) is 3. The summed E-state index contributed by atoms with van der Waals surface area (Å²) in [4.78, 5) is 11.7. The van der Waals surface area contributed by atoms with E-state index in [1.54, 1.807) is 0 Å². The fourth-order valence-corrected chi connectivity index (χ4v) is 1.79. The third kappa shape index (κ3) is 1.88. The summed E-state index contributed by atoms with van der Waals surface area (Å²) >= 11 is 0. The van der Waals surface area contributed by atoms with Gasteiger partial charge in [-0.1, -0.05) is 6.07 Å². The van der Waals surface area contributed by atoms with Gasteiger partial charge in [-0.25, -0.2) is 0 Å². The van der Waals surface area contributed by atoms with Gasteiger partial charge < -0.3 is 16.0 Å². The lowest BCUT2D eigenvalue weighted by Crippen LogP contribution is -2.47. The minimum Gasteiger partial charge on any atom is -0.370 e. The van der Waals surface area contributed by atoms with Crippen molar-refractivity contribution in [3.63, 3.8) is 0 Å². The molecule has 0 aromatic heterocycles. The molecule has 1 heterocycles. The van der Waals surface area contributed by atoms with Gasteiger partial charge in [0.05, 0.1) is 11.4 Å². The van der Waals surface area contributed by atoms with Gasteiger partial charge in [-0.05, 0) is 38.6 Å². The fraction of sp³-hybridized carbons (Fsp3) is 0.417. The Hall–Kier alpha value is -1.55. The molecule has 1 aliphatic rings. The Morgan fingerprint density at radius 1 is 1.31 bits per heavy atom. The van der Waals surface area contributed by atoms with Gasteiger partial charge in [-0.15, -0.1) is 0 Å². The van der Waals surface area contributed by atoms with Crippen LogP contribution in [0.4, 0.5) is 11.4 Å². The van der Waals surface area contributed by atoms with E-state index in [0.29, 0.717) is 0 Å². The van der Waals surface area contributed by atoms with Gasteiger partial charge in [0.2, 0.25) is 5.91 Å². The van der Waals surface area contributed by atoms with Gasteiger partial charge in [0.15, 0.2) is 0 Å². The number of rotatable bonds is 2. The Morgan fingerprint density at radius 2 is 2.06 bits per heavy atom. The van der Waals surface area contributed by atoms with Gasteiger partial charge in [0, 0.05) is 6.54 Å². The van der Waals surface area contributed by atoms with Crippen molar-refractivity contribution in [3.8, 4) is 0 Å². The zero-order valence-electron chi connectivity index (χ0n) is 9.85. The molecule has 1 aliphatic heterocycles. The maximum Gasteiger partial charge on any atom is 0.249 e. The Balaban J connectivity index is 2.34. The Bertz CT molecular complexity index is 426. The van der Waals surface area contributed by atoms with Crippen molar-refractivity contribution in [1.29, 1.82) is 0 Å². The van der Waals surface area contributed by atoms with Gasteiger partial charge in [0.25, 0.3) is 0 Å². The largest absolute Gasteiger partial charge is 0.370 e. The summed E-state index contributed by atoms with van der Waals surface area (Å²) in [6.07, 6.45) is 0. The number of hydrogen-bond acceptors (Lipinski definition) is 3. The van der Waals surface area contributed by atoms with E-state index in [-0.39, 0.29) is 5.91 Å². The van der Waals surface area contributed by atoms with E-state index in [2.05, 4.69) is 22.0 Å². The van der Waals surface area contributed by atoms with Crippen molar-refractivity contribution in [2.75, 3.05) is 17.7 Å². The third-order valence-electron chi connectivity index (χ3n) is 2.73. The van der Waals surface area contributed by atoms with Gasteiger partial charge in [0.1, 0.15) is 5.54 Å². The third-order valence-corrected chi connectivity index (χ3v) is 2.73. The van der Waals surface area contributed by atoms with Crippen LogP contribution in [-0.2, 0) is 11.3 Å². The van der Waals surface area contributed by atoms with Gasteiger partial charge >= 0.3 is 0 Å². The molecular formula is C12H17N3O. The van der Waals surface area contributed by atoms with E-state index in [1.165, 1.54) is 5.56 Å². The molecule has 4 heteroatoms. The first kappa shape index (κ1) is 11.0. The van der Waals surface area contributed by atoms with Crippen molar-refractivity contribution < 1.29 is 4.79 Å². The first-order chi connectivity index (χ1) is 7.53. The van der Waals surface area contributed by atoms with Crippen molar-refractivity contribution in [2.45, 2.75) is 25.9 Å². The van der Waals surface area contributed by atoms with Crippen molar-refractivity contribution in [3.05, 3.63) is 23.8 Å². The monoisotopic (exact) mass is 219 g/mol. The van der Waals surface area contributed by atoms with Crippen LogP contribution in [0, 0.1) is 0 Å². The van der Waals surface area contributed by atoms with Crippen LogP contribution >= 0.6 is 0 Å². The second-order valence-electron chi connectivity index (χ2n) is 4.61. The number of amides is 1. The average molecular weight is 219 g/mol. The summed E-state index contributed by atoms with van der Waals surface area (Å²) in [5.74, 6) is 0.00127. The molecule has 0 aliphatic carbocycles. The summed E-state index contributed by atoms with van der Waals surface area (Å²) in [7, 11) is 1.92. The number of carbonyl (C=O) groups is 1. The molecular weight excluding hydrogens is 202 g/mol. The van der Waals surface area contributed by atoms with Crippen LogP contribution in [0.15, 0.2) is 18.2 Å². The second-order valence-corrected chi connectivity index (χ2v) is 4.61. The standard InChI is InChI=1S/C12H17N3O/c1-12(2)11(16)14-9-5-4-8(7-13-3)6-10(9)15-12/h4-6,13,15H,7H2,1-3H3,(H,14,16). The molecule has 0 atom stereocenters. The predicted molar refractivity (Wildman–Crippen MR) is 65.5 cm³/mol. The van der Waals surface area contributed by atoms with E-state index >= 15 is 0 Å². The molecule has 0 fully saturated rings. The van der Waals surface area contributed by atoms with Crippen LogP contribution in [0.3, 0.4) is 0 Å². The van der Waals surface area contributed by atoms with Crippen LogP contribution in [-0.4, -0.2) is 18.5 Å². The van der Waals surface area contributed by atoms with E-state index in [9.17, 15) is 4.79 Å². The first-order valence-corrected chi connectivity index (χ1v) is 5.40. The van der Waals surface area contributed by atoms with Gasteiger partial charge in [-0.2, -0.15) is 0 Å². The smallest absolute Gasteiger partial charge is 0.249 e. The topological polar surface area (TPSA) is 53.2 Å². The minimum atomic E-state index is -0.550. The van der Waals surface area contributed by atoms with Crippen LogP contribution < -0.4 is 16.0 Å². The Kier molecular flexibility index (Phi) is 2.59. The summed E-state index contributed by atoms with van der Waals surface area (Å²) in [5, 5.41) is 9.25. The molecule has 4 nitrogen and oxygen atoms in total. The quantitative estimate of drug-likeness (QED) is 0.707. The van der Waals surface area contributed by atoms with E-state index in [0.717, 1.165) is 17.9 Å². The molecule has 0 bridgehead atoms. The normalized spacial score (nSPS) is 17.3. The fourth-order valence-electron chi connectivity index (χ4n) is 1.79. The lowest BCUT2D eigenvalue weighted by atomic mass is 9.99. The van der Waals surface area contributed by atoms with Crippen LogP contribution in [0.25, 0.3) is 0 Å². The molecule has 86 valence electrons. The SMILES string of the molecule is CNCc1ccc2c(c1)NC(C)(C)C(=O)N2. The number of anilines is 2. The number of fused-ring (bicyclic) bond motifs is 1. The maximum absolute atomic E-state index is 11.7. The Morgan fingerprint density at radius 3 is 2.75 bits per heavy atom. The lowest BCUT2D eigenvalue weighted by molar-refractivity contribution is -0.119. The first-order valence-electron chi connectivity index (χ1n) is 5.40. The highest BCUT2D eigenvalue weighted by molar-refractivity contribution is 6.05. The van der Waals surface area contributed by atoms with Crippen LogP contribution in [0.5, 0.6) is 0 Å². The molecule has 0 unspecified atom stereocenters. The van der Waals surface area contributed by atoms with E-state index in [1.807, 2.05) is 33.0 Å². The highest BCUT2D eigenvalue weighted by Crippen LogP contribution is 2.31. The summed E-state index contributed by atoms with van der Waals surface area (Å²) in [6, 6.07) is 6.00. The zero-order chi connectivity index (χ0) is 11.8. The molecule has 3 N–H and O–H groups in total. The summed E-state index contributed by atoms with van der Waals surface area (Å²) in [6.45, 7) is 4.56. The number of benzene rings is 1. The number of hydrogen-bond donors (Lipinski definition) is 3. The molecule has 0 spiro atoms. The molecule has 1 amide bonds. The molecule has 1 aromatic carbocycles. The highest BCUT2D eigenvalue weighted by atomic mass is 16.2. The molecule has 2 rings (SSSR count). The van der Waals surface area contributed by atoms with Crippen molar-refractivity contribution in [1.82, 2.24) is 5.32 Å². The van der Waals surface area contributed by atoms with Crippen LogP contribution in [0.1, 0.15) is 19.4 Å². The maximum atomic E-state index is 11.7. The zero-order valence-corrected chi connectivity index (χ0v) is 9.85. The van der Waals surface area contributed by atoms with Crippen molar-refractivity contribution >= 4 is 17.3 Å². The summed E-state index contributed by atoms with van der Waals surface area (Å²) < 4.78 is 0. The van der Waals surface area contributed by atoms with Crippen molar-refractivity contribution in [2.24, 2.45) is 0 Å². The van der Waals surface area contributed by atoms with Gasteiger partial charge in [-0.3, -0.25) is 4.79 Å². The molecule has 0 saturated carbocycles. The van der Waals surface area contributed by atoms with E-state index in [4.69, 9.17) is 0 Å². The average Bonchev–Trinajstić information content (AvgIpc) is 2.20. The lowest BCUT2D eigenvalue weighted by Gasteiger charge is -2.33. The molecule has 16 heavy (non-hydrogen) atoms. The molecule has 0 radical (unpaired) electrons. The number of carbonyl (C=O) groups excluding carboxylic acids is 1. The summed E-state index contributed by atoms with van der Waals surface area (Å²) in [5.41, 5.74) is 2.48. The van der Waals surface area contributed by atoms with E-state index < -0.39 is 5.54 Å². The predicted octanol–water partition coefficient (Wildman–Crippen LogP) is 1.55. The Labute approximate surface area is 95.4 Å². The molecule has 1 aromatic rings. The minimum absolute atomic E-state index is 0.00127. The van der Waals surface area contributed by atoms with Crippen LogP contribution in [0.2, 0.25) is 0 Å². The second kappa shape index (κ2) is 3.79. The molecule has 0 saturated heterocycles.